The average Bonchev–Trinajstić information content (AvgIpc) is 3.00. The quantitative estimate of drug-likeness (QED) is 0.247. The molecular formula is C22H42O5. The van der Waals surface area contributed by atoms with Crippen LogP contribution in [0.2, 0.25) is 0 Å². The summed E-state index contributed by atoms with van der Waals surface area (Å²) < 4.78 is 10.7. The summed E-state index contributed by atoms with van der Waals surface area (Å²) in [6.45, 7) is 4.58. The Balaban J connectivity index is 1.77. The predicted molar refractivity (Wildman–Crippen MR) is 109 cm³/mol. The molecule has 1 aliphatic rings. The van der Waals surface area contributed by atoms with E-state index in [1.165, 1.54) is 64.2 Å². The minimum absolute atomic E-state index is 0.0681. The molecule has 0 amide bonds. The van der Waals surface area contributed by atoms with Gasteiger partial charge in [-0.25, -0.2) is 0 Å². The Morgan fingerprint density at radius 3 is 1.89 bits per heavy atom. The van der Waals surface area contributed by atoms with Gasteiger partial charge in [0.25, 0.3) is 0 Å². The molecule has 27 heavy (non-hydrogen) atoms. The zero-order valence-electron chi connectivity index (χ0n) is 17.1. The molecule has 0 aromatic heterocycles. The van der Waals surface area contributed by atoms with Crippen LogP contribution in [0.4, 0.5) is 0 Å². The molecule has 1 fully saturated rings. The Bertz CT molecular complexity index is 350. The maximum atomic E-state index is 9.93. The SMILES string of the molecule is C=CCCCCCCCCCCCCCCOC[C@H](O)[C@@H]1OC[C@@H](O)[C@@H]1O. The lowest BCUT2D eigenvalue weighted by atomic mass is 10.0. The third-order valence-electron chi connectivity index (χ3n) is 5.31. The summed E-state index contributed by atoms with van der Waals surface area (Å²) >= 11 is 0. The van der Waals surface area contributed by atoms with Crippen molar-refractivity contribution in [2.24, 2.45) is 0 Å². The van der Waals surface area contributed by atoms with E-state index in [0.29, 0.717) is 6.61 Å². The Morgan fingerprint density at radius 2 is 1.41 bits per heavy atom. The van der Waals surface area contributed by atoms with E-state index in [9.17, 15) is 15.3 Å². The van der Waals surface area contributed by atoms with Crippen molar-refractivity contribution >= 4 is 0 Å². The van der Waals surface area contributed by atoms with E-state index in [-0.39, 0.29) is 13.2 Å². The summed E-state index contributed by atoms with van der Waals surface area (Å²) in [6, 6.07) is 0. The molecular weight excluding hydrogens is 344 g/mol. The van der Waals surface area contributed by atoms with E-state index in [0.717, 1.165) is 19.3 Å². The Labute approximate surface area is 165 Å². The highest BCUT2D eigenvalue weighted by molar-refractivity contribution is 4.87. The van der Waals surface area contributed by atoms with Gasteiger partial charge in [0.05, 0.1) is 13.2 Å². The molecule has 1 heterocycles. The zero-order chi connectivity index (χ0) is 19.7. The highest BCUT2D eigenvalue weighted by Crippen LogP contribution is 2.18. The molecule has 160 valence electrons. The van der Waals surface area contributed by atoms with E-state index < -0.39 is 24.4 Å². The van der Waals surface area contributed by atoms with Crippen molar-refractivity contribution < 1.29 is 24.8 Å². The summed E-state index contributed by atoms with van der Waals surface area (Å²) in [5.41, 5.74) is 0. The lowest BCUT2D eigenvalue weighted by Gasteiger charge is -2.20. The Hall–Kier alpha value is -0.460. The molecule has 5 heteroatoms. The third kappa shape index (κ3) is 11.9. The van der Waals surface area contributed by atoms with Crippen molar-refractivity contribution in [3.8, 4) is 0 Å². The minimum atomic E-state index is -1.03. The fourth-order valence-electron chi connectivity index (χ4n) is 3.52. The predicted octanol–water partition coefficient (Wildman–Crippen LogP) is 3.74. The molecule has 0 aromatic rings. The molecule has 0 saturated carbocycles. The number of rotatable bonds is 18. The molecule has 0 radical (unpaired) electrons. The van der Waals surface area contributed by atoms with Crippen LogP contribution in [0.1, 0.15) is 83.5 Å². The number of hydrogen-bond donors (Lipinski definition) is 3. The topological polar surface area (TPSA) is 79.2 Å². The van der Waals surface area contributed by atoms with Crippen molar-refractivity contribution in [2.75, 3.05) is 19.8 Å². The molecule has 0 aromatic carbocycles. The van der Waals surface area contributed by atoms with E-state index in [1.807, 2.05) is 6.08 Å². The lowest BCUT2D eigenvalue weighted by Crippen LogP contribution is -2.40. The average molecular weight is 387 g/mol. The van der Waals surface area contributed by atoms with E-state index in [1.54, 1.807) is 0 Å². The van der Waals surface area contributed by atoms with E-state index in [2.05, 4.69) is 6.58 Å². The van der Waals surface area contributed by atoms with Gasteiger partial charge in [-0.05, 0) is 19.3 Å². The van der Waals surface area contributed by atoms with E-state index in [4.69, 9.17) is 9.47 Å². The molecule has 1 rings (SSSR count). The first-order chi connectivity index (χ1) is 13.2. The van der Waals surface area contributed by atoms with Crippen molar-refractivity contribution in [1.29, 1.82) is 0 Å². The molecule has 3 N–H and O–H groups in total. The van der Waals surface area contributed by atoms with Crippen LogP contribution in [0.3, 0.4) is 0 Å². The molecule has 0 aliphatic carbocycles. The highest BCUT2D eigenvalue weighted by Gasteiger charge is 2.39. The van der Waals surface area contributed by atoms with Crippen LogP contribution in [-0.4, -0.2) is 59.6 Å². The summed E-state index contributed by atoms with van der Waals surface area (Å²) in [4.78, 5) is 0. The van der Waals surface area contributed by atoms with Gasteiger partial charge in [-0.15, -0.1) is 6.58 Å². The summed E-state index contributed by atoms with van der Waals surface area (Å²) in [6.07, 6.45) is 15.1. The lowest BCUT2D eigenvalue weighted by molar-refractivity contribution is -0.0813. The van der Waals surface area contributed by atoms with Gasteiger partial charge in [0.2, 0.25) is 0 Å². The first kappa shape index (κ1) is 24.6. The van der Waals surface area contributed by atoms with Gasteiger partial charge in [-0.1, -0.05) is 70.3 Å². The van der Waals surface area contributed by atoms with E-state index >= 15 is 0 Å². The molecule has 0 unspecified atom stereocenters. The first-order valence-electron chi connectivity index (χ1n) is 11.0. The maximum Gasteiger partial charge on any atom is 0.114 e. The maximum absolute atomic E-state index is 9.93. The normalized spacial score (nSPS) is 23.6. The van der Waals surface area contributed by atoms with Crippen LogP contribution in [0.15, 0.2) is 12.7 Å². The Morgan fingerprint density at radius 1 is 0.889 bits per heavy atom. The zero-order valence-corrected chi connectivity index (χ0v) is 17.1. The summed E-state index contributed by atoms with van der Waals surface area (Å²) in [7, 11) is 0. The van der Waals surface area contributed by atoms with Gasteiger partial charge in [-0.3, -0.25) is 0 Å². The number of hydrogen-bond acceptors (Lipinski definition) is 5. The molecule has 0 bridgehead atoms. The van der Waals surface area contributed by atoms with Crippen molar-refractivity contribution in [3.63, 3.8) is 0 Å². The standard InChI is InChI=1S/C22H42O5/c1-2-3-4-5-6-7-8-9-10-11-12-13-14-15-16-26-17-20(24)22-21(25)19(23)18-27-22/h2,19-25H,1,3-18H2/t19-,20+,21+,22+/m1/s1. The minimum Gasteiger partial charge on any atom is -0.388 e. The Kier molecular flexibility index (Phi) is 15.0. The number of aliphatic hydroxyl groups excluding tert-OH is 3. The number of allylic oxidation sites excluding steroid dienone is 1. The van der Waals surface area contributed by atoms with Gasteiger partial charge in [0.1, 0.15) is 24.4 Å². The first-order valence-corrected chi connectivity index (χ1v) is 11.0. The number of aliphatic hydroxyl groups is 3. The second-order valence-electron chi connectivity index (χ2n) is 7.82. The van der Waals surface area contributed by atoms with Gasteiger partial charge >= 0.3 is 0 Å². The largest absolute Gasteiger partial charge is 0.388 e. The van der Waals surface area contributed by atoms with Gasteiger partial charge in [0, 0.05) is 6.61 Å². The van der Waals surface area contributed by atoms with Crippen LogP contribution < -0.4 is 0 Å². The molecule has 0 spiro atoms. The molecule has 1 saturated heterocycles. The number of unbranched alkanes of at least 4 members (excludes halogenated alkanes) is 12. The van der Waals surface area contributed by atoms with Crippen LogP contribution in [0.25, 0.3) is 0 Å². The molecule has 1 aliphatic heterocycles. The van der Waals surface area contributed by atoms with Crippen LogP contribution in [0, 0.1) is 0 Å². The number of ether oxygens (including phenoxy) is 2. The fourth-order valence-corrected chi connectivity index (χ4v) is 3.52. The van der Waals surface area contributed by atoms with Crippen molar-refractivity contribution in [2.45, 2.75) is 108 Å². The fraction of sp³-hybridized carbons (Fsp3) is 0.909. The highest BCUT2D eigenvalue weighted by atomic mass is 16.5. The third-order valence-corrected chi connectivity index (χ3v) is 5.31. The molecule has 4 atom stereocenters. The van der Waals surface area contributed by atoms with Gasteiger partial charge < -0.3 is 24.8 Å². The van der Waals surface area contributed by atoms with Crippen LogP contribution >= 0.6 is 0 Å². The molecule has 5 nitrogen and oxygen atoms in total. The smallest absolute Gasteiger partial charge is 0.114 e. The summed E-state index contributed by atoms with van der Waals surface area (Å²) in [5.74, 6) is 0. The van der Waals surface area contributed by atoms with Crippen LogP contribution in [0.5, 0.6) is 0 Å². The van der Waals surface area contributed by atoms with Crippen molar-refractivity contribution in [1.82, 2.24) is 0 Å². The van der Waals surface area contributed by atoms with Gasteiger partial charge in [0.15, 0.2) is 0 Å². The summed E-state index contributed by atoms with van der Waals surface area (Å²) in [5, 5.41) is 29.0. The second kappa shape index (κ2) is 16.5. The monoisotopic (exact) mass is 386 g/mol. The van der Waals surface area contributed by atoms with Crippen LogP contribution in [-0.2, 0) is 9.47 Å². The van der Waals surface area contributed by atoms with Gasteiger partial charge in [-0.2, -0.15) is 0 Å². The van der Waals surface area contributed by atoms with Crippen molar-refractivity contribution in [3.05, 3.63) is 12.7 Å². The second-order valence-corrected chi connectivity index (χ2v) is 7.82.